The predicted molar refractivity (Wildman–Crippen MR) is 86.7 cm³/mol. The highest BCUT2D eigenvalue weighted by atomic mass is 16.5. The molecule has 2 aromatic rings. The van der Waals surface area contributed by atoms with Crippen molar-refractivity contribution < 1.29 is 9.53 Å². The lowest BCUT2D eigenvalue weighted by atomic mass is 9.79. The molecule has 1 aliphatic heterocycles. The highest BCUT2D eigenvalue weighted by Crippen LogP contribution is 2.32. The molecule has 1 fully saturated rings. The fourth-order valence-electron chi connectivity index (χ4n) is 3.01. The van der Waals surface area contributed by atoms with Gasteiger partial charge in [0.25, 0.3) is 0 Å². The van der Waals surface area contributed by atoms with Crippen molar-refractivity contribution in [3.05, 3.63) is 36.0 Å². The van der Waals surface area contributed by atoms with Gasteiger partial charge in [-0.3, -0.25) is 9.78 Å². The van der Waals surface area contributed by atoms with Crippen molar-refractivity contribution in [2.45, 2.75) is 19.8 Å². The van der Waals surface area contributed by atoms with E-state index in [1.54, 1.807) is 6.20 Å². The zero-order chi connectivity index (χ0) is 15.6. The molecule has 1 aromatic carbocycles. The molecule has 0 spiro atoms. The van der Waals surface area contributed by atoms with Gasteiger partial charge in [0.1, 0.15) is 0 Å². The maximum atomic E-state index is 11.9. The summed E-state index contributed by atoms with van der Waals surface area (Å²) in [7, 11) is 0. The number of ether oxygens (including phenoxy) is 1. The van der Waals surface area contributed by atoms with Crippen molar-refractivity contribution in [3.63, 3.8) is 0 Å². The fraction of sp³-hybridized carbons (Fsp3) is 0.412. The number of benzene rings is 1. The van der Waals surface area contributed by atoms with E-state index in [0.29, 0.717) is 32.6 Å². The van der Waals surface area contributed by atoms with E-state index >= 15 is 0 Å². The minimum absolute atomic E-state index is 0.252. The number of fused-ring (bicyclic) bond motifs is 1. The smallest absolute Gasteiger partial charge is 0.225 e. The summed E-state index contributed by atoms with van der Waals surface area (Å²) in [6, 6.07) is 8.04. The summed E-state index contributed by atoms with van der Waals surface area (Å²) in [5.74, 6) is -0.252. The number of para-hydroxylation sites is 1. The Balaban J connectivity index is 1.87. The summed E-state index contributed by atoms with van der Waals surface area (Å²) in [6.07, 6.45) is 3.12. The molecular weight excluding hydrogens is 278 g/mol. The van der Waals surface area contributed by atoms with Crippen molar-refractivity contribution >= 4 is 22.5 Å². The first kappa shape index (κ1) is 14.8. The lowest BCUT2D eigenvalue weighted by Gasteiger charge is -2.34. The monoisotopic (exact) mass is 299 g/mol. The molecule has 22 heavy (non-hydrogen) atoms. The Bertz CT molecular complexity index is 693. The molecule has 0 atom stereocenters. The van der Waals surface area contributed by atoms with E-state index in [-0.39, 0.29) is 5.91 Å². The van der Waals surface area contributed by atoms with Crippen LogP contribution in [0.1, 0.15) is 18.4 Å². The molecule has 1 aliphatic rings. The molecule has 1 amide bonds. The molecule has 0 bridgehead atoms. The van der Waals surface area contributed by atoms with Crippen LogP contribution < -0.4 is 11.1 Å². The SMILES string of the molecule is Cc1cccc2c(NCC3(C(N)=O)CCOCC3)ccnc12. The van der Waals surface area contributed by atoms with Crippen LogP contribution in [0.5, 0.6) is 0 Å². The highest BCUT2D eigenvalue weighted by molar-refractivity contribution is 5.93. The number of primary amides is 1. The standard InChI is InChI=1S/C17H21N3O2/c1-12-3-2-4-13-14(5-8-19-15(12)13)20-11-17(16(18)21)6-9-22-10-7-17/h2-5,8H,6-7,9-11H2,1H3,(H2,18,21)(H,19,20). The third kappa shape index (κ3) is 2.64. The minimum Gasteiger partial charge on any atom is -0.383 e. The van der Waals surface area contributed by atoms with E-state index in [1.165, 1.54) is 0 Å². The van der Waals surface area contributed by atoms with Gasteiger partial charge in [0.05, 0.1) is 10.9 Å². The molecule has 1 aromatic heterocycles. The molecule has 3 rings (SSSR count). The van der Waals surface area contributed by atoms with Crippen LogP contribution in [0.25, 0.3) is 10.9 Å². The number of aromatic nitrogens is 1. The third-order valence-corrected chi connectivity index (χ3v) is 4.56. The van der Waals surface area contributed by atoms with E-state index in [2.05, 4.69) is 10.3 Å². The quantitative estimate of drug-likeness (QED) is 0.907. The number of carbonyl (C=O) groups excluding carboxylic acids is 1. The van der Waals surface area contributed by atoms with E-state index in [0.717, 1.165) is 22.2 Å². The summed E-state index contributed by atoms with van der Waals surface area (Å²) in [6.45, 7) is 3.74. The average Bonchev–Trinajstić information content (AvgIpc) is 2.54. The molecule has 5 nitrogen and oxygen atoms in total. The van der Waals surface area contributed by atoms with Crippen LogP contribution in [0.3, 0.4) is 0 Å². The number of nitrogens with two attached hydrogens (primary N) is 1. The number of amides is 1. The Labute approximate surface area is 129 Å². The molecule has 0 saturated carbocycles. The van der Waals surface area contributed by atoms with E-state index < -0.39 is 5.41 Å². The normalized spacial score (nSPS) is 17.3. The first-order valence-corrected chi connectivity index (χ1v) is 7.58. The third-order valence-electron chi connectivity index (χ3n) is 4.56. The topological polar surface area (TPSA) is 77.2 Å². The van der Waals surface area contributed by atoms with Crippen LogP contribution in [-0.2, 0) is 9.53 Å². The first-order valence-electron chi connectivity index (χ1n) is 7.58. The minimum atomic E-state index is -0.530. The van der Waals surface area contributed by atoms with E-state index in [4.69, 9.17) is 10.5 Å². The van der Waals surface area contributed by atoms with Crippen LogP contribution in [0.4, 0.5) is 5.69 Å². The molecule has 0 aliphatic carbocycles. The summed E-state index contributed by atoms with van der Waals surface area (Å²) in [4.78, 5) is 16.4. The first-order chi connectivity index (χ1) is 10.6. The molecule has 0 radical (unpaired) electrons. The fourth-order valence-corrected chi connectivity index (χ4v) is 3.01. The van der Waals surface area contributed by atoms with E-state index in [9.17, 15) is 4.79 Å². The van der Waals surface area contributed by atoms with Crippen molar-refractivity contribution in [1.29, 1.82) is 0 Å². The number of pyridine rings is 1. The second kappa shape index (κ2) is 5.93. The van der Waals surface area contributed by atoms with Gasteiger partial charge < -0.3 is 15.8 Å². The summed E-state index contributed by atoms with van der Waals surface area (Å²) < 4.78 is 5.37. The van der Waals surface area contributed by atoms with Gasteiger partial charge in [0, 0.05) is 37.0 Å². The Hall–Kier alpha value is -2.14. The number of rotatable bonds is 4. The van der Waals surface area contributed by atoms with Gasteiger partial charge in [0.15, 0.2) is 0 Å². The van der Waals surface area contributed by atoms with Gasteiger partial charge >= 0.3 is 0 Å². The number of hydrogen-bond acceptors (Lipinski definition) is 4. The second-order valence-electron chi connectivity index (χ2n) is 5.94. The molecule has 5 heteroatoms. The highest BCUT2D eigenvalue weighted by Gasteiger charge is 2.38. The summed E-state index contributed by atoms with van der Waals surface area (Å²) in [5, 5.41) is 4.47. The number of carbonyl (C=O) groups is 1. The molecule has 116 valence electrons. The Morgan fingerprint density at radius 3 is 2.86 bits per heavy atom. The lowest BCUT2D eigenvalue weighted by Crippen LogP contribution is -2.46. The number of nitrogens with zero attached hydrogens (tertiary/aromatic N) is 1. The Morgan fingerprint density at radius 1 is 1.36 bits per heavy atom. The van der Waals surface area contributed by atoms with Gasteiger partial charge in [-0.2, -0.15) is 0 Å². The molecule has 3 N–H and O–H groups in total. The summed E-state index contributed by atoms with van der Waals surface area (Å²) >= 11 is 0. The maximum Gasteiger partial charge on any atom is 0.225 e. The van der Waals surface area contributed by atoms with Crippen molar-refractivity contribution in [2.24, 2.45) is 11.1 Å². The second-order valence-corrected chi connectivity index (χ2v) is 5.94. The largest absolute Gasteiger partial charge is 0.383 e. The van der Waals surface area contributed by atoms with Gasteiger partial charge in [0.2, 0.25) is 5.91 Å². The number of aryl methyl sites for hydroxylation is 1. The van der Waals surface area contributed by atoms with Gasteiger partial charge in [-0.15, -0.1) is 0 Å². The van der Waals surface area contributed by atoms with Gasteiger partial charge in [-0.05, 0) is 31.4 Å². The van der Waals surface area contributed by atoms with Crippen LogP contribution >= 0.6 is 0 Å². The average molecular weight is 299 g/mol. The molecule has 2 heterocycles. The number of anilines is 1. The van der Waals surface area contributed by atoms with Gasteiger partial charge in [-0.25, -0.2) is 0 Å². The van der Waals surface area contributed by atoms with Crippen LogP contribution in [-0.4, -0.2) is 30.6 Å². The van der Waals surface area contributed by atoms with Crippen molar-refractivity contribution in [3.8, 4) is 0 Å². The molecule has 0 unspecified atom stereocenters. The van der Waals surface area contributed by atoms with Crippen molar-refractivity contribution in [2.75, 3.05) is 25.1 Å². The predicted octanol–water partition coefficient (Wildman–Crippen LogP) is 2.24. The Kier molecular flexibility index (Phi) is 3.98. The van der Waals surface area contributed by atoms with Crippen LogP contribution in [0.15, 0.2) is 30.5 Å². The van der Waals surface area contributed by atoms with E-state index in [1.807, 2.05) is 31.2 Å². The van der Waals surface area contributed by atoms with Gasteiger partial charge in [-0.1, -0.05) is 18.2 Å². The molecular formula is C17H21N3O2. The number of nitrogens with one attached hydrogen (secondary N) is 1. The number of hydrogen-bond donors (Lipinski definition) is 2. The van der Waals surface area contributed by atoms with Crippen LogP contribution in [0.2, 0.25) is 0 Å². The zero-order valence-electron chi connectivity index (χ0n) is 12.8. The molecule has 1 saturated heterocycles. The zero-order valence-corrected chi connectivity index (χ0v) is 12.8. The van der Waals surface area contributed by atoms with Crippen molar-refractivity contribution in [1.82, 2.24) is 4.98 Å². The summed E-state index contributed by atoms with van der Waals surface area (Å²) in [5.41, 5.74) is 8.23. The van der Waals surface area contributed by atoms with Crippen LogP contribution in [0, 0.1) is 12.3 Å². The lowest BCUT2D eigenvalue weighted by molar-refractivity contribution is -0.132. The maximum absolute atomic E-state index is 11.9. The Morgan fingerprint density at radius 2 is 2.14 bits per heavy atom.